The third kappa shape index (κ3) is 3.86. The summed E-state index contributed by atoms with van der Waals surface area (Å²) in [4.78, 5) is 25.4. The van der Waals surface area contributed by atoms with Crippen LogP contribution in [0.1, 0.15) is 52.4 Å². The fraction of sp³-hybridized carbons (Fsp3) is 0.786. The van der Waals surface area contributed by atoms with Gasteiger partial charge in [0.05, 0.1) is 12.5 Å². The first kappa shape index (κ1) is 16.3. The minimum atomic E-state index is -1.14. The number of carboxylic acid groups (broad SMARTS) is 1. The number of rotatable bonds is 5. The van der Waals surface area contributed by atoms with Crippen LogP contribution in [-0.2, 0) is 4.79 Å². The smallest absolute Gasteiger partial charge is 0.329 e. The molecule has 0 bridgehead atoms. The number of nitrogens with one attached hydrogen (secondary N) is 1. The summed E-state index contributed by atoms with van der Waals surface area (Å²) >= 11 is 0. The van der Waals surface area contributed by atoms with Crippen molar-refractivity contribution in [3.63, 3.8) is 0 Å². The lowest BCUT2D eigenvalue weighted by molar-refractivity contribution is -0.146. The molecule has 112 valence electrons. The molecule has 2 amide bonds. The molecule has 0 aliphatic heterocycles. The third-order valence-corrected chi connectivity index (χ3v) is 3.81. The van der Waals surface area contributed by atoms with Crippen molar-refractivity contribution in [2.24, 2.45) is 0 Å². The quantitative estimate of drug-likeness (QED) is 0.807. The van der Waals surface area contributed by atoms with Gasteiger partial charge in [0.25, 0.3) is 0 Å². The highest BCUT2D eigenvalue weighted by Gasteiger charge is 2.41. The Bertz CT molecular complexity index is 395. The van der Waals surface area contributed by atoms with Gasteiger partial charge in [-0.3, -0.25) is 0 Å². The van der Waals surface area contributed by atoms with E-state index in [9.17, 15) is 14.7 Å². The van der Waals surface area contributed by atoms with Crippen LogP contribution >= 0.6 is 0 Å². The summed E-state index contributed by atoms with van der Waals surface area (Å²) < 4.78 is 0. The summed E-state index contributed by atoms with van der Waals surface area (Å²) in [5.74, 6) is -0.963. The number of hydrogen-bond donors (Lipinski definition) is 2. The second-order valence-electron chi connectivity index (χ2n) is 5.57. The topological polar surface area (TPSA) is 93.4 Å². The van der Waals surface area contributed by atoms with Gasteiger partial charge in [-0.15, -0.1) is 0 Å². The number of nitriles is 1. The second kappa shape index (κ2) is 7.13. The SMILES string of the molecule is CC(C)N(CCC#N)C(=O)NC1(C(=O)O)CCCCC1. The largest absolute Gasteiger partial charge is 0.480 e. The van der Waals surface area contributed by atoms with Gasteiger partial charge in [-0.2, -0.15) is 5.26 Å². The molecule has 0 spiro atoms. The van der Waals surface area contributed by atoms with Gasteiger partial charge in [0, 0.05) is 12.6 Å². The monoisotopic (exact) mass is 281 g/mol. The zero-order valence-corrected chi connectivity index (χ0v) is 12.2. The van der Waals surface area contributed by atoms with Crippen LogP contribution in [0.15, 0.2) is 0 Å². The summed E-state index contributed by atoms with van der Waals surface area (Å²) in [6.45, 7) is 4.02. The summed E-state index contributed by atoms with van der Waals surface area (Å²) in [6, 6.07) is 1.55. The van der Waals surface area contributed by atoms with Crippen molar-refractivity contribution >= 4 is 12.0 Å². The number of amides is 2. The minimum absolute atomic E-state index is 0.0715. The standard InChI is InChI=1S/C14H23N3O3/c1-11(2)17(10-6-9-15)13(20)16-14(12(18)19)7-4-3-5-8-14/h11H,3-8,10H2,1-2H3,(H,16,20)(H,18,19). The van der Waals surface area contributed by atoms with Crippen molar-refractivity contribution in [1.82, 2.24) is 10.2 Å². The highest BCUT2D eigenvalue weighted by atomic mass is 16.4. The molecule has 1 rings (SSSR count). The number of carboxylic acids is 1. The molecule has 0 atom stereocenters. The molecular formula is C14H23N3O3. The normalized spacial score (nSPS) is 17.3. The zero-order chi connectivity index (χ0) is 15.2. The highest BCUT2D eigenvalue weighted by molar-refractivity contribution is 5.86. The average molecular weight is 281 g/mol. The first-order valence-corrected chi connectivity index (χ1v) is 7.12. The van der Waals surface area contributed by atoms with E-state index in [0.29, 0.717) is 19.4 Å². The Morgan fingerprint density at radius 3 is 2.40 bits per heavy atom. The van der Waals surface area contributed by atoms with E-state index in [1.165, 1.54) is 4.90 Å². The molecular weight excluding hydrogens is 258 g/mol. The number of nitrogens with zero attached hydrogens (tertiary/aromatic N) is 2. The molecule has 1 saturated carbocycles. The van der Waals surface area contributed by atoms with Crippen LogP contribution in [0.25, 0.3) is 0 Å². The van der Waals surface area contributed by atoms with E-state index in [1.54, 1.807) is 0 Å². The Labute approximate surface area is 119 Å². The maximum atomic E-state index is 12.3. The molecule has 0 radical (unpaired) electrons. The van der Waals surface area contributed by atoms with Gasteiger partial charge >= 0.3 is 12.0 Å². The van der Waals surface area contributed by atoms with E-state index < -0.39 is 11.5 Å². The van der Waals surface area contributed by atoms with Crippen LogP contribution in [0.2, 0.25) is 0 Å². The highest BCUT2D eigenvalue weighted by Crippen LogP contribution is 2.28. The molecule has 20 heavy (non-hydrogen) atoms. The van der Waals surface area contributed by atoms with Crippen LogP contribution in [0.4, 0.5) is 4.79 Å². The lowest BCUT2D eigenvalue weighted by Crippen LogP contribution is -2.59. The van der Waals surface area contributed by atoms with E-state index >= 15 is 0 Å². The first-order valence-electron chi connectivity index (χ1n) is 7.12. The molecule has 0 heterocycles. The number of hydrogen-bond acceptors (Lipinski definition) is 3. The summed E-state index contributed by atoms with van der Waals surface area (Å²) in [5.41, 5.74) is -1.14. The fourth-order valence-corrected chi connectivity index (χ4v) is 2.59. The van der Waals surface area contributed by atoms with Crippen LogP contribution in [-0.4, -0.2) is 40.1 Å². The van der Waals surface area contributed by atoms with Crippen molar-refractivity contribution in [3.8, 4) is 6.07 Å². The summed E-state index contributed by atoms with van der Waals surface area (Å²) in [7, 11) is 0. The van der Waals surface area contributed by atoms with E-state index in [4.69, 9.17) is 5.26 Å². The average Bonchev–Trinajstić information content (AvgIpc) is 2.39. The summed E-state index contributed by atoms with van der Waals surface area (Å²) in [6.07, 6.45) is 3.81. The Balaban J connectivity index is 2.78. The lowest BCUT2D eigenvalue weighted by Gasteiger charge is -2.37. The maximum Gasteiger partial charge on any atom is 0.329 e. The third-order valence-electron chi connectivity index (χ3n) is 3.81. The van der Waals surface area contributed by atoms with Crippen LogP contribution in [0.3, 0.4) is 0 Å². The molecule has 0 saturated heterocycles. The van der Waals surface area contributed by atoms with E-state index in [0.717, 1.165) is 19.3 Å². The van der Waals surface area contributed by atoms with Crippen LogP contribution in [0, 0.1) is 11.3 Å². The molecule has 0 aromatic heterocycles. The van der Waals surface area contributed by atoms with Crippen molar-refractivity contribution in [3.05, 3.63) is 0 Å². The molecule has 1 fully saturated rings. The molecule has 0 aromatic carbocycles. The first-order chi connectivity index (χ1) is 9.43. The Kier molecular flexibility index (Phi) is 5.81. The van der Waals surface area contributed by atoms with Gasteiger partial charge in [-0.1, -0.05) is 19.3 Å². The van der Waals surface area contributed by atoms with Crippen LogP contribution in [0.5, 0.6) is 0 Å². The lowest BCUT2D eigenvalue weighted by atomic mass is 9.82. The summed E-state index contributed by atoms with van der Waals surface area (Å²) in [5, 5.41) is 20.8. The van der Waals surface area contributed by atoms with Gasteiger partial charge in [0.15, 0.2) is 0 Å². The molecule has 6 heteroatoms. The minimum Gasteiger partial charge on any atom is -0.480 e. The molecule has 6 nitrogen and oxygen atoms in total. The fourth-order valence-electron chi connectivity index (χ4n) is 2.59. The maximum absolute atomic E-state index is 12.3. The van der Waals surface area contributed by atoms with Gasteiger partial charge in [0.2, 0.25) is 0 Å². The predicted octanol–water partition coefficient (Wildman–Crippen LogP) is 2.11. The van der Waals surface area contributed by atoms with Crippen LogP contribution < -0.4 is 5.32 Å². The van der Waals surface area contributed by atoms with E-state index in [2.05, 4.69) is 5.32 Å². The molecule has 0 unspecified atom stereocenters. The predicted molar refractivity (Wildman–Crippen MR) is 74.1 cm³/mol. The second-order valence-corrected chi connectivity index (χ2v) is 5.57. The van der Waals surface area contributed by atoms with Crippen molar-refractivity contribution in [2.45, 2.75) is 64.0 Å². The Morgan fingerprint density at radius 1 is 1.35 bits per heavy atom. The van der Waals surface area contributed by atoms with Crippen molar-refractivity contribution in [1.29, 1.82) is 5.26 Å². The molecule has 1 aliphatic rings. The van der Waals surface area contributed by atoms with Gasteiger partial charge < -0.3 is 15.3 Å². The number of aliphatic carboxylic acids is 1. The van der Waals surface area contributed by atoms with Crippen molar-refractivity contribution < 1.29 is 14.7 Å². The van der Waals surface area contributed by atoms with E-state index in [-0.39, 0.29) is 18.5 Å². The zero-order valence-electron chi connectivity index (χ0n) is 12.2. The van der Waals surface area contributed by atoms with Crippen molar-refractivity contribution in [2.75, 3.05) is 6.54 Å². The Morgan fingerprint density at radius 2 is 1.95 bits per heavy atom. The molecule has 2 N–H and O–H groups in total. The molecule has 0 aromatic rings. The van der Waals surface area contributed by atoms with Gasteiger partial charge in [-0.25, -0.2) is 9.59 Å². The van der Waals surface area contributed by atoms with Gasteiger partial charge in [0.1, 0.15) is 5.54 Å². The number of carbonyl (C=O) groups excluding carboxylic acids is 1. The van der Waals surface area contributed by atoms with E-state index in [1.807, 2.05) is 19.9 Å². The Hall–Kier alpha value is -1.77. The number of carbonyl (C=O) groups is 2. The number of urea groups is 1. The molecule has 1 aliphatic carbocycles. The van der Waals surface area contributed by atoms with Gasteiger partial charge in [-0.05, 0) is 26.7 Å².